The largest absolute Gasteiger partial charge is 0.492 e. The molecular formula is C19H30N2O3. The molecule has 5 nitrogen and oxygen atoms in total. The number of aryl methyl sites for hydroxylation is 1. The molecule has 24 heavy (non-hydrogen) atoms. The average molecular weight is 334 g/mol. The average Bonchev–Trinajstić information content (AvgIpc) is 2.59. The molecule has 5 heteroatoms. The van der Waals surface area contributed by atoms with E-state index < -0.39 is 5.60 Å². The highest BCUT2D eigenvalue weighted by Crippen LogP contribution is 2.27. The van der Waals surface area contributed by atoms with Crippen molar-refractivity contribution in [2.75, 3.05) is 19.7 Å². The van der Waals surface area contributed by atoms with E-state index in [0.29, 0.717) is 19.7 Å². The molecule has 0 aromatic heterocycles. The lowest BCUT2D eigenvalue weighted by atomic mass is 9.85. The van der Waals surface area contributed by atoms with Gasteiger partial charge in [-0.3, -0.25) is 0 Å². The Morgan fingerprint density at radius 3 is 2.54 bits per heavy atom. The Bertz CT molecular complexity index is 496. The molecule has 0 saturated heterocycles. The van der Waals surface area contributed by atoms with Crippen LogP contribution in [0.4, 0.5) is 4.79 Å². The van der Waals surface area contributed by atoms with Gasteiger partial charge in [0.1, 0.15) is 12.4 Å². The molecule has 0 unspecified atom stereocenters. The van der Waals surface area contributed by atoms with Crippen LogP contribution in [0.1, 0.15) is 51.0 Å². The first-order chi connectivity index (χ1) is 11.6. The first-order valence-corrected chi connectivity index (χ1v) is 9.07. The van der Waals surface area contributed by atoms with Crippen molar-refractivity contribution < 1.29 is 14.6 Å². The van der Waals surface area contributed by atoms with Gasteiger partial charge in [-0.1, -0.05) is 44.7 Å². The number of rotatable bonds is 8. The Morgan fingerprint density at radius 2 is 1.88 bits per heavy atom. The lowest BCUT2D eigenvalue weighted by Gasteiger charge is -2.32. The fraction of sp³-hybridized carbons (Fsp3) is 0.632. The highest BCUT2D eigenvalue weighted by Gasteiger charge is 2.29. The maximum absolute atomic E-state index is 11.8. The number of ether oxygens (including phenoxy) is 1. The minimum Gasteiger partial charge on any atom is -0.492 e. The van der Waals surface area contributed by atoms with Crippen molar-refractivity contribution in [3.63, 3.8) is 0 Å². The number of carbonyl (C=O) groups excluding carboxylic acids is 1. The van der Waals surface area contributed by atoms with Crippen molar-refractivity contribution in [1.82, 2.24) is 10.6 Å². The number of benzene rings is 1. The second-order valence-electron chi connectivity index (χ2n) is 6.64. The van der Waals surface area contributed by atoms with E-state index in [9.17, 15) is 9.90 Å². The lowest BCUT2D eigenvalue weighted by molar-refractivity contribution is 0.00719. The summed E-state index contributed by atoms with van der Waals surface area (Å²) in [6.07, 6.45) is 6.98. The van der Waals surface area contributed by atoms with Crippen molar-refractivity contribution in [1.29, 1.82) is 0 Å². The number of nitrogens with one attached hydrogen (secondary N) is 2. The molecule has 2 amide bonds. The van der Waals surface area contributed by atoms with E-state index >= 15 is 0 Å². The standard InChI is InChI=1S/C19H30N2O3/c1-2-6-16-7-9-17(10-8-16)24-14-13-20-18(22)21-15-19(23)11-4-3-5-12-19/h7-10,23H,2-6,11-15H2,1H3,(H2,20,21,22). The zero-order chi connectivity index (χ0) is 17.3. The van der Waals surface area contributed by atoms with Crippen molar-refractivity contribution in [2.24, 2.45) is 0 Å². The molecule has 1 aromatic carbocycles. The van der Waals surface area contributed by atoms with E-state index in [4.69, 9.17) is 4.74 Å². The molecule has 0 radical (unpaired) electrons. The van der Waals surface area contributed by atoms with Crippen molar-refractivity contribution in [2.45, 2.75) is 57.5 Å². The van der Waals surface area contributed by atoms with Gasteiger partial charge in [-0.05, 0) is 37.0 Å². The highest BCUT2D eigenvalue weighted by molar-refractivity contribution is 5.73. The Hall–Kier alpha value is -1.75. The molecule has 1 aromatic rings. The van der Waals surface area contributed by atoms with Gasteiger partial charge in [0.15, 0.2) is 0 Å². The topological polar surface area (TPSA) is 70.6 Å². The van der Waals surface area contributed by atoms with Gasteiger partial charge in [-0.2, -0.15) is 0 Å². The lowest BCUT2D eigenvalue weighted by Crippen LogP contribution is -2.47. The summed E-state index contributed by atoms with van der Waals surface area (Å²) in [6.45, 7) is 3.33. The van der Waals surface area contributed by atoms with E-state index in [0.717, 1.165) is 44.3 Å². The molecule has 1 aliphatic carbocycles. The third-order valence-corrected chi connectivity index (χ3v) is 4.48. The first-order valence-electron chi connectivity index (χ1n) is 9.07. The molecule has 3 N–H and O–H groups in total. The number of hydrogen-bond acceptors (Lipinski definition) is 3. The minimum atomic E-state index is -0.730. The number of aliphatic hydroxyl groups is 1. The van der Waals surface area contributed by atoms with Gasteiger partial charge in [0.05, 0.1) is 12.1 Å². The molecule has 1 fully saturated rings. The predicted molar refractivity (Wildman–Crippen MR) is 95.4 cm³/mol. The van der Waals surface area contributed by atoms with Crippen LogP contribution in [0.5, 0.6) is 5.75 Å². The molecular weight excluding hydrogens is 304 g/mol. The zero-order valence-corrected chi connectivity index (χ0v) is 14.6. The summed E-state index contributed by atoms with van der Waals surface area (Å²) in [4.78, 5) is 11.8. The quantitative estimate of drug-likeness (QED) is 0.640. The number of amides is 2. The number of urea groups is 1. The maximum Gasteiger partial charge on any atom is 0.315 e. The zero-order valence-electron chi connectivity index (χ0n) is 14.6. The number of carbonyl (C=O) groups is 1. The molecule has 0 bridgehead atoms. The summed E-state index contributed by atoms with van der Waals surface area (Å²) in [5.74, 6) is 0.813. The second-order valence-corrected chi connectivity index (χ2v) is 6.64. The summed E-state index contributed by atoms with van der Waals surface area (Å²) in [5, 5.41) is 15.8. The smallest absolute Gasteiger partial charge is 0.315 e. The van der Waals surface area contributed by atoms with Crippen molar-refractivity contribution >= 4 is 6.03 Å². The first kappa shape index (κ1) is 18.6. The maximum atomic E-state index is 11.8. The van der Waals surface area contributed by atoms with Crippen LogP contribution in [0, 0.1) is 0 Å². The normalized spacial score (nSPS) is 16.4. The van der Waals surface area contributed by atoms with Crippen LogP contribution >= 0.6 is 0 Å². The fourth-order valence-corrected chi connectivity index (χ4v) is 3.07. The monoisotopic (exact) mass is 334 g/mol. The van der Waals surface area contributed by atoms with Gasteiger partial charge in [0, 0.05) is 6.54 Å². The molecule has 0 aliphatic heterocycles. The molecule has 1 aliphatic rings. The molecule has 2 rings (SSSR count). The molecule has 134 valence electrons. The molecule has 1 saturated carbocycles. The molecule has 0 heterocycles. The Morgan fingerprint density at radius 1 is 1.17 bits per heavy atom. The highest BCUT2D eigenvalue weighted by atomic mass is 16.5. The number of hydrogen-bond donors (Lipinski definition) is 3. The minimum absolute atomic E-state index is 0.254. The van der Waals surface area contributed by atoms with Crippen LogP contribution in [0.25, 0.3) is 0 Å². The Balaban J connectivity index is 1.58. The van der Waals surface area contributed by atoms with Gasteiger partial charge in [-0.25, -0.2) is 4.79 Å². The van der Waals surface area contributed by atoms with Crippen LogP contribution in [0.3, 0.4) is 0 Å². The molecule has 0 spiro atoms. The third-order valence-electron chi connectivity index (χ3n) is 4.48. The summed E-state index contributed by atoms with van der Waals surface area (Å²) in [7, 11) is 0. The van der Waals surface area contributed by atoms with Crippen LogP contribution in [0.15, 0.2) is 24.3 Å². The van der Waals surface area contributed by atoms with E-state index in [-0.39, 0.29) is 6.03 Å². The Kier molecular flexibility index (Phi) is 7.37. The van der Waals surface area contributed by atoms with Crippen LogP contribution in [-0.4, -0.2) is 36.4 Å². The fourth-order valence-electron chi connectivity index (χ4n) is 3.07. The second kappa shape index (κ2) is 9.52. The SMILES string of the molecule is CCCc1ccc(OCCNC(=O)NCC2(O)CCCCC2)cc1. The van der Waals surface area contributed by atoms with Crippen molar-refractivity contribution in [3.05, 3.63) is 29.8 Å². The van der Waals surface area contributed by atoms with Gasteiger partial charge in [-0.15, -0.1) is 0 Å². The van der Waals surface area contributed by atoms with Gasteiger partial charge in [0.25, 0.3) is 0 Å². The van der Waals surface area contributed by atoms with E-state index in [1.165, 1.54) is 12.0 Å². The van der Waals surface area contributed by atoms with Crippen LogP contribution in [0.2, 0.25) is 0 Å². The van der Waals surface area contributed by atoms with E-state index in [2.05, 4.69) is 29.7 Å². The summed E-state index contributed by atoms with van der Waals surface area (Å²) >= 11 is 0. The van der Waals surface area contributed by atoms with Gasteiger partial charge in [0.2, 0.25) is 0 Å². The summed E-state index contributed by atoms with van der Waals surface area (Å²) in [6, 6.07) is 7.82. The van der Waals surface area contributed by atoms with Crippen molar-refractivity contribution in [3.8, 4) is 5.75 Å². The van der Waals surface area contributed by atoms with Gasteiger partial charge >= 0.3 is 6.03 Å². The van der Waals surface area contributed by atoms with Crippen LogP contribution < -0.4 is 15.4 Å². The predicted octanol–water partition coefficient (Wildman–Crippen LogP) is 3.01. The molecule has 0 atom stereocenters. The third kappa shape index (κ3) is 6.40. The van der Waals surface area contributed by atoms with E-state index in [1.807, 2.05) is 12.1 Å². The van der Waals surface area contributed by atoms with Crippen LogP contribution in [-0.2, 0) is 6.42 Å². The Labute approximate surface area is 144 Å². The van der Waals surface area contributed by atoms with Gasteiger partial charge < -0.3 is 20.5 Å². The summed E-state index contributed by atoms with van der Waals surface area (Å²) < 4.78 is 5.61. The van der Waals surface area contributed by atoms with E-state index in [1.54, 1.807) is 0 Å². The summed E-state index contributed by atoms with van der Waals surface area (Å²) in [5.41, 5.74) is 0.578.